The maximum Gasteiger partial charge on any atom is 0.163 e. The normalized spacial score (nSPS) is 12.1. The minimum Gasteiger partial charge on any atom is -0.491 e. The number of hydrogen-bond donors (Lipinski definition) is 2. The van der Waals surface area contributed by atoms with Gasteiger partial charge >= 0.3 is 0 Å². The molecule has 1 atom stereocenters. The van der Waals surface area contributed by atoms with Gasteiger partial charge in [0.25, 0.3) is 0 Å². The van der Waals surface area contributed by atoms with E-state index in [9.17, 15) is 13.6 Å². The van der Waals surface area contributed by atoms with Gasteiger partial charge in [0.05, 0.1) is 6.61 Å². The third-order valence-electron chi connectivity index (χ3n) is 4.45. The fraction of sp³-hybridized carbons (Fsp3) is 0.350. The van der Waals surface area contributed by atoms with Crippen LogP contribution >= 0.6 is 0 Å². The van der Waals surface area contributed by atoms with Crippen molar-refractivity contribution in [2.24, 2.45) is 0 Å². The number of carbonyl (C=O) groups excluding carboxylic acids is 1. The van der Waals surface area contributed by atoms with E-state index in [0.717, 1.165) is 23.6 Å². The molecule has 146 valence electrons. The van der Waals surface area contributed by atoms with E-state index in [-0.39, 0.29) is 37.1 Å². The standard InChI is InChI=1S/C20H24F2N2O3/c1-13(17-5-4-14(12-26)8-19(17)23-2)24(3)11-15-9-16(27-7-6-25)10-18(21)20(15)22/h4-5,8-10,12-13,23,25H,6-7,11H2,1-3H3. The van der Waals surface area contributed by atoms with E-state index >= 15 is 0 Å². The molecule has 2 aromatic carbocycles. The van der Waals surface area contributed by atoms with Gasteiger partial charge in [-0.3, -0.25) is 9.69 Å². The topological polar surface area (TPSA) is 61.8 Å². The van der Waals surface area contributed by atoms with Crippen molar-refractivity contribution in [3.8, 4) is 5.75 Å². The number of halogens is 2. The van der Waals surface area contributed by atoms with Crippen molar-refractivity contribution >= 4 is 12.0 Å². The largest absolute Gasteiger partial charge is 0.491 e. The zero-order valence-corrected chi connectivity index (χ0v) is 15.6. The summed E-state index contributed by atoms with van der Waals surface area (Å²) >= 11 is 0. The van der Waals surface area contributed by atoms with Crippen LogP contribution in [0.1, 0.15) is 34.5 Å². The number of aldehydes is 1. The highest BCUT2D eigenvalue weighted by Crippen LogP contribution is 2.29. The molecule has 0 aliphatic rings. The number of aliphatic hydroxyl groups excluding tert-OH is 1. The van der Waals surface area contributed by atoms with Crippen molar-refractivity contribution in [1.82, 2.24) is 4.90 Å². The van der Waals surface area contributed by atoms with Crippen LogP contribution < -0.4 is 10.1 Å². The quantitative estimate of drug-likeness (QED) is 0.655. The number of hydrogen-bond acceptors (Lipinski definition) is 5. The molecule has 0 heterocycles. The summed E-state index contributed by atoms with van der Waals surface area (Å²) in [7, 11) is 3.56. The molecule has 0 spiro atoms. The van der Waals surface area contributed by atoms with Crippen LogP contribution in [0.25, 0.3) is 0 Å². The second kappa shape index (κ2) is 9.43. The molecule has 27 heavy (non-hydrogen) atoms. The maximum atomic E-state index is 14.2. The van der Waals surface area contributed by atoms with Gasteiger partial charge in [0.1, 0.15) is 18.6 Å². The lowest BCUT2D eigenvalue weighted by Crippen LogP contribution is -2.23. The van der Waals surface area contributed by atoms with Gasteiger partial charge in [-0.05, 0) is 31.7 Å². The lowest BCUT2D eigenvalue weighted by atomic mass is 10.0. The molecule has 0 saturated carbocycles. The van der Waals surface area contributed by atoms with Crippen LogP contribution in [0.2, 0.25) is 0 Å². The summed E-state index contributed by atoms with van der Waals surface area (Å²) in [5.41, 5.74) is 2.44. The Labute approximate surface area is 157 Å². The first kappa shape index (κ1) is 20.8. The zero-order valence-electron chi connectivity index (χ0n) is 15.6. The van der Waals surface area contributed by atoms with Gasteiger partial charge in [-0.25, -0.2) is 8.78 Å². The number of nitrogens with one attached hydrogen (secondary N) is 1. The van der Waals surface area contributed by atoms with E-state index in [0.29, 0.717) is 5.56 Å². The van der Waals surface area contributed by atoms with E-state index in [1.54, 1.807) is 26.2 Å². The first-order valence-corrected chi connectivity index (χ1v) is 8.60. The molecule has 2 N–H and O–H groups in total. The summed E-state index contributed by atoms with van der Waals surface area (Å²) in [4.78, 5) is 12.8. The molecule has 0 radical (unpaired) electrons. The summed E-state index contributed by atoms with van der Waals surface area (Å²) in [6.07, 6.45) is 0.773. The van der Waals surface area contributed by atoms with Crippen molar-refractivity contribution in [2.75, 3.05) is 32.6 Å². The third kappa shape index (κ3) is 5.02. The van der Waals surface area contributed by atoms with Crippen LogP contribution in [0.5, 0.6) is 5.75 Å². The second-order valence-corrected chi connectivity index (χ2v) is 6.26. The molecule has 5 nitrogen and oxygen atoms in total. The van der Waals surface area contributed by atoms with Gasteiger partial charge in [0.15, 0.2) is 11.6 Å². The first-order valence-electron chi connectivity index (χ1n) is 8.60. The van der Waals surface area contributed by atoms with E-state index in [4.69, 9.17) is 9.84 Å². The van der Waals surface area contributed by atoms with Crippen molar-refractivity contribution in [2.45, 2.75) is 19.5 Å². The molecular formula is C20H24F2N2O3. The number of aliphatic hydroxyl groups is 1. The summed E-state index contributed by atoms with van der Waals surface area (Å²) < 4.78 is 33.3. The summed E-state index contributed by atoms with van der Waals surface area (Å²) in [5.74, 6) is -1.74. The highest BCUT2D eigenvalue weighted by atomic mass is 19.2. The summed E-state index contributed by atoms with van der Waals surface area (Å²) in [6, 6.07) is 7.58. The Balaban J connectivity index is 2.25. The number of benzene rings is 2. The lowest BCUT2D eigenvalue weighted by molar-refractivity contribution is 0.112. The fourth-order valence-electron chi connectivity index (χ4n) is 2.85. The molecule has 0 aromatic heterocycles. The molecule has 2 aromatic rings. The predicted molar refractivity (Wildman–Crippen MR) is 100 cm³/mol. The number of ether oxygens (including phenoxy) is 1. The van der Waals surface area contributed by atoms with Gasteiger partial charge < -0.3 is 15.2 Å². The van der Waals surface area contributed by atoms with E-state index in [1.165, 1.54) is 6.07 Å². The van der Waals surface area contributed by atoms with Crippen molar-refractivity contribution in [3.63, 3.8) is 0 Å². The smallest absolute Gasteiger partial charge is 0.163 e. The van der Waals surface area contributed by atoms with Gasteiger partial charge in [-0.15, -0.1) is 0 Å². The van der Waals surface area contributed by atoms with Crippen LogP contribution in [0.3, 0.4) is 0 Å². The molecule has 2 rings (SSSR count). The van der Waals surface area contributed by atoms with E-state index in [2.05, 4.69) is 5.32 Å². The Morgan fingerprint density at radius 2 is 2.04 bits per heavy atom. The van der Waals surface area contributed by atoms with Crippen LogP contribution in [-0.2, 0) is 6.54 Å². The number of rotatable bonds is 9. The van der Waals surface area contributed by atoms with Crippen LogP contribution in [0.15, 0.2) is 30.3 Å². The highest BCUT2D eigenvalue weighted by Gasteiger charge is 2.19. The molecule has 7 heteroatoms. The Morgan fingerprint density at radius 3 is 2.67 bits per heavy atom. The summed E-state index contributed by atoms with van der Waals surface area (Å²) in [5, 5.41) is 11.9. The summed E-state index contributed by atoms with van der Waals surface area (Å²) in [6.45, 7) is 1.89. The molecule has 0 amide bonds. The zero-order chi connectivity index (χ0) is 20.0. The Bertz CT molecular complexity index is 799. The number of anilines is 1. The van der Waals surface area contributed by atoms with Crippen LogP contribution in [-0.4, -0.2) is 43.6 Å². The van der Waals surface area contributed by atoms with Gasteiger partial charge in [-0.2, -0.15) is 0 Å². The van der Waals surface area contributed by atoms with Gasteiger partial charge in [0, 0.05) is 42.5 Å². The fourth-order valence-corrected chi connectivity index (χ4v) is 2.85. The van der Waals surface area contributed by atoms with Crippen LogP contribution in [0, 0.1) is 11.6 Å². The SMILES string of the molecule is CNc1cc(C=O)ccc1C(C)N(C)Cc1cc(OCCO)cc(F)c1F. The molecule has 1 unspecified atom stereocenters. The second-order valence-electron chi connectivity index (χ2n) is 6.26. The number of carbonyl (C=O) groups is 1. The number of nitrogens with zero attached hydrogens (tertiary/aromatic N) is 1. The minimum absolute atomic E-state index is 0.00532. The van der Waals surface area contributed by atoms with Crippen LogP contribution in [0.4, 0.5) is 14.5 Å². The molecule has 0 bridgehead atoms. The Hall–Kier alpha value is -2.51. The molecule has 0 aliphatic carbocycles. The van der Waals surface area contributed by atoms with Crippen molar-refractivity contribution in [1.29, 1.82) is 0 Å². The Kier molecular flexibility index (Phi) is 7.27. The molecule has 0 fully saturated rings. The molecule has 0 aliphatic heterocycles. The van der Waals surface area contributed by atoms with Crippen molar-refractivity contribution < 1.29 is 23.4 Å². The monoisotopic (exact) mass is 378 g/mol. The highest BCUT2D eigenvalue weighted by molar-refractivity contribution is 5.78. The van der Waals surface area contributed by atoms with E-state index < -0.39 is 11.6 Å². The van der Waals surface area contributed by atoms with Gasteiger partial charge in [0.2, 0.25) is 0 Å². The van der Waals surface area contributed by atoms with Crippen molar-refractivity contribution in [3.05, 3.63) is 58.7 Å². The molecule has 0 saturated heterocycles. The lowest BCUT2D eigenvalue weighted by Gasteiger charge is -2.27. The molecular weight excluding hydrogens is 354 g/mol. The average molecular weight is 378 g/mol. The van der Waals surface area contributed by atoms with Gasteiger partial charge in [-0.1, -0.05) is 12.1 Å². The maximum absolute atomic E-state index is 14.2. The van der Waals surface area contributed by atoms with E-state index in [1.807, 2.05) is 17.9 Å². The average Bonchev–Trinajstić information content (AvgIpc) is 2.68. The third-order valence-corrected chi connectivity index (χ3v) is 4.45. The predicted octanol–water partition coefficient (Wildman–Crippen LogP) is 3.38. The minimum atomic E-state index is -0.993. The Morgan fingerprint density at radius 1 is 1.30 bits per heavy atom. The first-order chi connectivity index (χ1) is 12.9.